The molecule has 0 saturated heterocycles. The van der Waals surface area contributed by atoms with Crippen LogP contribution < -0.4 is 22.1 Å². The van der Waals surface area contributed by atoms with Crippen LogP contribution in [0, 0.1) is 0 Å². The van der Waals surface area contributed by atoms with Crippen LogP contribution in [0.15, 0.2) is 57.2 Å². The Bertz CT molecular complexity index is 708. The fourth-order valence-corrected chi connectivity index (χ4v) is 3.66. The van der Waals surface area contributed by atoms with Gasteiger partial charge in [-0.3, -0.25) is 9.98 Å². The summed E-state index contributed by atoms with van der Waals surface area (Å²) in [6.45, 7) is 2.78. The molecule has 6 N–H and O–H groups in total. The van der Waals surface area contributed by atoms with Gasteiger partial charge in [-0.25, -0.2) is 19.9 Å². The molecule has 2 heterocycles. The van der Waals surface area contributed by atoms with Crippen molar-refractivity contribution in [3.8, 4) is 0 Å². The maximum atomic E-state index is 5.87. The van der Waals surface area contributed by atoms with Crippen molar-refractivity contribution in [2.24, 2.45) is 21.5 Å². The van der Waals surface area contributed by atoms with E-state index in [0.29, 0.717) is 25.0 Å². The first-order valence-electron chi connectivity index (χ1n) is 10.1. The van der Waals surface area contributed by atoms with Gasteiger partial charge in [-0.2, -0.15) is 0 Å². The summed E-state index contributed by atoms with van der Waals surface area (Å²) < 4.78 is 0. The van der Waals surface area contributed by atoms with Crippen LogP contribution in [-0.4, -0.2) is 69.5 Å². The minimum Gasteiger partial charge on any atom is -0.370 e. The molecule has 10 nitrogen and oxygen atoms in total. The lowest BCUT2D eigenvalue weighted by atomic mass is 10.4. The summed E-state index contributed by atoms with van der Waals surface area (Å²) in [6.07, 6.45) is 9.65. The van der Waals surface area contributed by atoms with Crippen LogP contribution in [0.2, 0.25) is 0 Å². The number of nitrogens with two attached hydrogens (primary N) is 2. The van der Waals surface area contributed by atoms with Crippen molar-refractivity contribution in [3.63, 3.8) is 0 Å². The number of guanidine groups is 2. The highest BCUT2D eigenvalue weighted by molar-refractivity contribution is 7.99. The van der Waals surface area contributed by atoms with Gasteiger partial charge >= 0.3 is 0 Å². The zero-order valence-electron chi connectivity index (χ0n) is 17.5. The van der Waals surface area contributed by atoms with Gasteiger partial charge in [0, 0.05) is 62.5 Å². The van der Waals surface area contributed by atoms with Gasteiger partial charge in [0.05, 0.1) is 0 Å². The Kier molecular flexibility index (Phi) is 12.8. The van der Waals surface area contributed by atoms with Crippen LogP contribution >= 0.6 is 23.5 Å². The molecule has 12 heteroatoms. The molecule has 0 saturated carbocycles. The third-order valence-electron chi connectivity index (χ3n) is 3.68. The number of aliphatic imine (C=N–C) groups is 2. The van der Waals surface area contributed by atoms with E-state index in [2.05, 4.69) is 40.6 Å². The normalized spacial score (nSPS) is 12.0. The molecule has 0 bridgehead atoms. The summed E-state index contributed by atoms with van der Waals surface area (Å²) in [5.74, 6) is 2.73. The first-order valence-corrected chi connectivity index (χ1v) is 12.1. The Morgan fingerprint density at radius 2 is 1.13 bits per heavy atom. The van der Waals surface area contributed by atoms with Crippen molar-refractivity contribution in [1.29, 1.82) is 0 Å². The molecule has 0 spiro atoms. The molecule has 0 unspecified atom stereocenters. The van der Waals surface area contributed by atoms with E-state index in [1.807, 2.05) is 0 Å². The van der Waals surface area contributed by atoms with Gasteiger partial charge < -0.3 is 22.1 Å². The Hall–Kier alpha value is -2.60. The van der Waals surface area contributed by atoms with Gasteiger partial charge in [0.2, 0.25) is 0 Å². The highest BCUT2D eigenvalue weighted by Crippen LogP contribution is 2.12. The summed E-state index contributed by atoms with van der Waals surface area (Å²) in [6, 6.07) is 3.61. The second-order valence-electron chi connectivity index (χ2n) is 6.21. The van der Waals surface area contributed by atoms with Gasteiger partial charge in [0.15, 0.2) is 22.2 Å². The molecule has 0 aromatic carbocycles. The van der Waals surface area contributed by atoms with Gasteiger partial charge in [0.25, 0.3) is 0 Å². The molecule has 0 aliphatic rings. The SMILES string of the molecule is NC(=NCCCSc1ncccn1)NCCCNC(N)=NCCCSc1ncccn1. The van der Waals surface area contributed by atoms with Gasteiger partial charge in [-0.1, -0.05) is 23.5 Å². The second-order valence-corrected chi connectivity index (χ2v) is 8.33. The maximum Gasteiger partial charge on any atom is 0.188 e. The predicted octanol–water partition coefficient (Wildman–Crippen LogP) is 1.13. The van der Waals surface area contributed by atoms with Crippen LogP contribution in [0.25, 0.3) is 0 Å². The number of rotatable bonds is 14. The molecule has 0 aliphatic carbocycles. The first-order chi connectivity index (χ1) is 15.2. The quantitative estimate of drug-likeness (QED) is 0.106. The molecule has 2 aromatic rings. The van der Waals surface area contributed by atoms with E-state index in [9.17, 15) is 0 Å². The van der Waals surface area contributed by atoms with Crippen molar-refractivity contribution in [3.05, 3.63) is 36.9 Å². The average molecular weight is 463 g/mol. The predicted molar refractivity (Wildman–Crippen MR) is 128 cm³/mol. The van der Waals surface area contributed by atoms with Crippen LogP contribution in [0.4, 0.5) is 0 Å². The van der Waals surface area contributed by atoms with Crippen molar-refractivity contribution in [2.45, 2.75) is 29.6 Å². The summed E-state index contributed by atoms with van der Waals surface area (Å²) >= 11 is 3.23. The van der Waals surface area contributed by atoms with Crippen molar-refractivity contribution >= 4 is 35.4 Å². The molecule has 0 aliphatic heterocycles. The lowest BCUT2D eigenvalue weighted by Gasteiger charge is -2.07. The highest BCUT2D eigenvalue weighted by Gasteiger charge is 1.98. The number of hydrogen-bond acceptors (Lipinski definition) is 8. The summed E-state index contributed by atoms with van der Waals surface area (Å²) in [7, 11) is 0. The number of nitrogens with zero attached hydrogens (tertiary/aromatic N) is 6. The third kappa shape index (κ3) is 12.6. The molecular formula is C19H30N10S2. The second kappa shape index (κ2) is 16.1. The van der Waals surface area contributed by atoms with Gasteiger partial charge in [-0.05, 0) is 31.4 Å². The zero-order chi connectivity index (χ0) is 22.0. The molecular weight excluding hydrogens is 432 g/mol. The summed E-state index contributed by atoms with van der Waals surface area (Å²) in [4.78, 5) is 25.3. The number of nitrogens with one attached hydrogen (secondary N) is 2. The minimum absolute atomic E-state index is 0.461. The summed E-state index contributed by atoms with van der Waals surface area (Å²) in [5, 5.41) is 7.77. The molecule has 0 atom stereocenters. The highest BCUT2D eigenvalue weighted by atomic mass is 32.2. The average Bonchev–Trinajstić information content (AvgIpc) is 2.80. The third-order valence-corrected chi connectivity index (χ3v) is 5.61. The standard InChI is InChI=1S/C19H30N10S2/c20-16(24-12-4-14-30-18-26-8-2-9-27-18)22-6-1-7-23-17(21)25-13-5-15-31-19-28-10-3-11-29-19/h2-3,8-11H,1,4-7,12-15H2,(H3,20,22,24)(H3,21,23,25). The van der Waals surface area contributed by atoms with E-state index in [0.717, 1.165) is 54.2 Å². The smallest absolute Gasteiger partial charge is 0.188 e. The van der Waals surface area contributed by atoms with Crippen molar-refractivity contribution in [2.75, 3.05) is 37.7 Å². The van der Waals surface area contributed by atoms with Crippen molar-refractivity contribution < 1.29 is 0 Å². The molecule has 0 fully saturated rings. The molecule has 0 radical (unpaired) electrons. The molecule has 0 amide bonds. The van der Waals surface area contributed by atoms with E-state index >= 15 is 0 Å². The van der Waals surface area contributed by atoms with Crippen LogP contribution in [-0.2, 0) is 0 Å². The summed E-state index contributed by atoms with van der Waals surface area (Å²) in [5.41, 5.74) is 11.7. The monoisotopic (exact) mass is 462 g/mol. The zero-order valence-corrected chi connectivity index (χ0v) is 19.1. The van der Waals surface area contributed by atoms with Crippen LogP contribution in [0.3, 0.4) is 0 Å². The minimum atomic E-state index is 0.461. The van der Waals surface area contributed by atoms with Crippen molar-refractivity contribution in [1.82, 2.24) is 30.6 Å². The van der Waals surface area contributed by atoms with Gasteiger partial charge in [0.1, 0.15) is 0 Å². The Morgan fingerprint density at radius 1 is 0.710 bits per heavy atom. The first kappa shape index (κ1) is 24.7. The number of hydrogen-bond donors (Lipinski definition) is 4. The lowest BCUT2D eigenvalue weighted by Crippen LogP contribution is -2.36. The van der Waals surface area contributed by atoms with Crippen LogP contribution in [0.1, 0.15) is 19.3 Å². The largest absolute Gasteiger partial charge is 0.370 e. The molecule has 2 rings (SSSR count). The van der Waals surface area contributed by atoms with Gasteiger partial charge in [-0.15, -0.1) is 0 Å². The van der Waals surface area contributed by atoms with E-state index in [4.69, 9.17) is 11.5 Å². The fourth-order valence-electron chi connectivity index (χ4n) is 2.21. The maximum absolute atomic E-state index is 5.87. The number of thioether (sulfide) groups is 2. The Labute approximate surface area is 191 Å². The molecule has 31 heavy (non-hydrogen) atoms. The topological polar surface area (TPSA) is 152 Å². The fraction of sp³-hybridized carbons (Fsp3) is 0.474. The van der Waals surface area contributed by atoms with Crippen LogP contribution in [0.5, 0.6) is 0 Å². The number of aromatic nitrogens is 4. The van der Waals surface area contributed by atoms with E-state index < -0.39 is 0 Å². The van der Waals surface area contributed by atoms with E-state index in [1.54, 1.807) is 60.4 Å². The lowest BCUT2D eigenvalue weighted by molar-refractivity contribution is 0.730. The molecule has 168 valence electrons. The Balaban J connectivity index is 1.42. The Morgan fingerprint density at radius 3 is 1.55 bits per heavy atom. The molecule has 2 aromatic heterocycles. The van der Waals surface area contributed by atoms with E-state index in [1.165, 1.54) is 0 Å². The van der Waals surface area contributed by atoms with E-state index in [-0.39, 0.29) is 0 Å².